The number of carbonyl (C=O) groups is 1. The summed E-state index contributed by atoms with van der Waals surface area (Å²) < 4.78 is 6.71. The lowest BCUT2D eigenvalue weighted by molar-refractivity contribution is -0.118. The van der Waals surface area contributed by atoms with E-state index in [1.165, 1.54) is 5.56 Å². The van der Waals surface area contributed by atoms with Crippen molar-refractivity contribution in [3.8, 4) is 5.69 Å². The van der Waals surface area contributed by atoms with Gasteiger partial charge >= 0.3 is 0 Å². The van der Waals surface area contributed by atoms with Gasteiger partial charge in [0.25, 0.3) is 5.56 Å². The standard InChI is InChI=1S/C19H19N3O3S/c1-13-5-6-15(10-14(13)2)22-8-7-20-18(19(22)24)26-12-17(23)21-11-16-4-3-9-25-16/h3-10H,11-12H2,1-2H3,(H,21,23). The lowest BCUT2D eigenvalue weighted by Crippen LogP contribution is -2.26. The molecule has 134 valence electrons. The summed E-state index contributed by atoms with van der Waals surface area (Å²) in [5.74, 6) is 0.604. The predicted octanol–water partition coefficient (Wildman–Crippen LogP) is 2.85. The highest BCUT2D eigenvalue weighted by Crippen LogP contribution is 2.15. The van der Waals surface area contributed by atoms with Crippen LogP contribution in [0, 0.1) is 13.8 Å². The molecule has 7 heteroatoms. The molecule has 0 fully saturated rings. The van der Waals surface area contributed by atoms with Crippen molar-refractivity contribution < 1.29 is 9.21 Å². The number of amides is 1. The molecule has 2 heterocycles. The van der Waals surface area contributed by atoms with Gasteiger partial charge in [-0.1, -0.05) is 17.8 Å². The van der Waals surface area contributed by atoms with Crippen LogP contribution in [0.15, 0.2) is 63.2 Å². The molecule has 0 unspecified atom stereocenters. The number of thioether (sulfide) groups is 1. The zero-order valence-electron chi connectivity index (χ0n) is 14.6. The quantitative estimate of drug-likeness (QED) is 0.676. The Balaban J connectivity index is 1.68. The first kappa shape index (κ1) is 18.0. The number of aryl methyl sites for hydroxylation is 2. The Kier molecular flexibility index (Phi) is 5.58. The van der Waals surface area contributed by atoms with E-state index in [0.29, 0.717) is 17.3 Å². The molecule has 0 aliphatic heterocycles. The Labute approximate surface area is 155 Å². The Morgan fingerprint density at radius 3 is 2.85 bits per heavy atom. The highest BCUT2D eigenvalue weighted by atomic mass is 32.2. The van der Waals surface area contributed by atoms with Crippen LogP contribution in [-0.2, 0) is 11.3 Å². The van der Waals surface area contributed by atoms with Crippen molar-refractivity contribution in [2.45, 2.75) is 25.4 Å². The van der Waals surface area contributed by atoms with Crippen LogP contribution in [0.4, 0.5) is 0 Å². The van der Waals surface area contributed by atoms with Gasteiger partial charge in [-0.15, -0.1) is 0 Å². The van der Waals surface area contributed by atoms with E-state index in [-0.39, 0.29) is 17.2 Å². The topological polar surface area (TPSA) is 77.1 Å². The molecule has 1 N–H and O–H groups in total. The Bertz CT molecular complexity index is 964. The molecule has 1 amide bonds. The second-order valence-electron chi connectivity index (χ2n) is 5.82. The van der Waals surface area contributed by atoms with Gasteiger partial charge in [-0.05, 0) is 49.2 Å². The largest absolute Gasteiger partial charge is 0.467 e. The molecule has 2 aromatic heterocycles. The van der Waals surface area contributed by atoms with Gasteiger partial charge < -0.3 is 9.73 Å². The lowest BCUT2D eigenvalue weighted by atomic mass is 10.1. The summed E-state index contributed by atoms with van der Waals surface area (Å²) in [7, 11) is 0. The maximum atomic E-state index is 12.7. The van der Waals surface area contributed by atoms with E-state index in [0.717, 1.165) is 23.0 Å². The molecule has 0 aliphatic rings. The number of nitrogens with zero attached hydrogens (tertiary/aromatic N) is 2. The third-order valence-corrected chi connectivity index (χ3v) is 4.92. The van der Waals surface area contributed by atoms with Crippen LogP contribution in [0.5, 0.6) is 0 Å². The average molecular weight is 369 g/mol. The predicted molar refractivity (Wildman–Crippen MR) is 101 cm³/mol. The number of furan rings is 1. The van der Waals surface area contributed by atoms with Crippen LogP contribution >= 0.6 is 11.8 Å². The number of hydrogen-bond acceptors (Lipinski definition) is 5. The molecule has 0 radical (unpaired) electrons. The van der Waals surface area contributed by atoms with Crippen molar-refractivity contribution in [1.82, 2.24) is 14.9 Å². The van der Waals surface area contributed by atoms with Gasteiger partial charge in [-0.25, -0.2) is 4.98 Å². The van der Waals surface area contributed by atoms with Crippen LogP contribution in [0.25, 0.3) is 5.69 Å². The van der Waals surface area contributed by atoms with Gasteiger partial charge in [0, 0.05) is 18.1 Å². The number of benzene rings is 1. The van der Waals surface area contributed by atoms with Gasteiger partial charge in [0.1, 0.15) is 5.76 Å². The molecule has 0 saturated carbocycles. The van der Waals surface area contributed by atoms with Crippen LogP contribution in [-0.4, -0.2) is 21.2 Å². The molecule has 0 aliphatic carbocycles. The first-order valence-electron chi connectivity index (χ1n) is 8.12. The first-order chi connectivity index (χ1) is 12.5. The van der Waals surface area contributed by atoms with E-state index in [2.05, 4.69) is 10.3 Å². The van der Waals surface area contributed by atoms with Crippen LogP contribution < -0.4 is 10.9 Å². The van der Waals surface area contributed by atoms with Crippen LogP contribution in [0.2, 0.25) is 0 Å². The summed E-state index contributed by atoms with van der Waals surface area (Å²) >= 11 is 1.12. The fraction of sp³-hybridized carbons (Fsp3) is 0.211. The van der Waals surface area contributed by atoms with Gasteiger partial charge in [0.2, 0.25) is 5.91 Å². The van der Waals surface area contributed by atoms with E-state index < -0.39 is 0 Å². The maximum Gasteiger partial charge on any atom is 0.287 e. The Morgan fingerprint density at radius 2 is 2.12 bits per heavy atom. The maximum absolute atomic E-state index is 12.7. The molecule has 3 rings (SSSR count). The SMILES string of the molecule is Cc1ccc(-n2ccnc(SCC(=O)NCc3ccco3)c2=O)cc1C. The Hall–Kier alpha value is -2.80. The molecule has 0 spiro atoms. The number of rotatable bonds is 6. The summed E-state index contributed by atoms with van der Waals surface area (Å²) in [6, 6.07) is 9.38. The monoisotopic (exact) mass is 369 g/mol. The summed E-state index contributed by atoms with van der Waals surface area (Å²) in [5, 5.41) is 3.04. The van der Waals surface area contributed by atoms with E-state index in [4.69, 9.17) is 4.42 Å². The molecule has 0 bridgehead atoms. The van der Waals surface area contributed by atoms with Crippen molar-refractivity contribution in [3.63, 3.8) is 0 Å². The third-order valence-electron chi connectivity index (χ3n) is 3.96. The van der Waals surface area contributed by atoms with E-state index in [1.807, 2.05) is 32.0 Å². The molecule has 3 aromatic rings. The minimum Gasteiger partial charge on any atom is -0.467 e. The third kappa shape index (κ3) is 4.23. The van der Waals surface area contributed by atoms with E-state index in [9.17, 15) is 9.59 Å². The summed E-state index contributed by atoms with van der Waals surface area (Å²) in [6.07, 6.45) is 4.76. The van der Waals surface area contributed by atoms with Crippen LogP contribution in [0.3, 0.4) is 0 Å². The number of hydrogen-bond donors (Lipinski definition) is 1. The number of nitrogens with one attached hydrogen (secondary N) is 1. The first-order valence-corrected chi connectivity index (χ1v) is 9.10. The molecule has 0 atom stereocenters. The minimum absolute atomic E-state index is 0.111. The molecule has 0 saturated heterocycles. The zero-order valence-corrected chi connectivity index (χ0v) is 15.4. The zero-order chi connectivity index (χ0) is 18.5. The fourth-order valence-electron chi connectivity index (χ4n) is 2.36. The molecule has 26 heavy (non-hydrogen) atoms. The second-order valence-corrected chi connectivity index (χ2v) is 6.78. The fourth-order valence-corrected chi connectivity index (χ4v) is 3.08. The van der Waals surface area contributed by atoms with E-state index >= 15 is 0 Å². The van der Waals surface area contributed by atoms with Crippen molar-refractivity contribution in [2.24, 2.45) is 0 Å². The van der Waals surface area contributed by atoms with Crippen molar-refractivity contribution >= 4 is 17.7 Å². The molecule has 6 nitrogen and oxygen atoms in total. The number of carbonyl (C=O) groups excluding carboxylic acids is 1. The van der Waals surface area contributed by atoms with E-state index in [1.54, 1.807) is 35.4 Å². The molecular weight excluding hydrogens is 350 g/mol. The Morgan fingerprint density at radius 1 is 1.27 bits per heavy atom. The van der Waals surface area contributed by atoms with Gasteiger partial charge in [-0.3, -0.25) is 14.2 Å². The van der Waals surface area contributed by atoms with Gasteiger partial charge in [0.05, 0.1) is 18.6 Å². The minimum atomic E-state index is -0.236. The van der Waals surface area contributed by atoms with Crippen molar-refractivity contribution in [1.29, 1.82) is 0 Å². The highest BCUT2D eigenvalue weighted by molar-refractivity contribution is 7.99. The van der Waals surface area contributed by atoms with Crippen LogP contribution in [0.1, 0.15) is 16.9 Å². The normalized spacial score (nSPS) is 10.7. The summed E-state index contributed by atoms with van der Waals surface area (Å²) in [5.41, 5.74) is 2.82. The summed E-state index contributed by atoms with van der Waals surface area (Å²) in [6.45, 7) is 4.35. The second kappa shape index (κ2) is 8.05. The highest BCUT2D eigenvalue weighted by Gasteiger charge is 2.11. The van der Waals surface area contributed by atoms with Gasteiger partial charge in [0.15, 0.2) is 5.03 Å². The van der Waals surface area contributed by atoms with Crippen molar-refractivity contribution in [3.05, 3.63) is 76.2 Å². The average Bonchev–Trinajstić information content (AvgIpc) is 3.15. The van der Waals surface area contributed by atoms with Crippen molar-refractivity contribution in [2.75, 3.05) is 5.75 Å². The smallest absolute Gasteiger partial charge is 0.287 e. The van der Waals surface area contributed by atoms with Gasteiger partial charge in [-0.2, -0.15) is 0 Å². The molecule has 1 aromatic carbocycles. The summed E-state index contributed by atoms with van der Waals surface area (Å²) in [4.78, 5) is 28.7. The lowest BCUT2D eigenvalue weighted by Gasteiger charge is -2.09. The number of aromatic nitrogens is 2. The molecular formula is C19H19N3O3S.